The Morgan fingerprint density at radius 1 is 0.778 bits per heavy atom. The van der Waals surface area contributed by atoms with Crippen LogP contribution in [-0.4, -0.2) is 39.1 Å². The van der Waals surface area contributed by atoms with E-state index in [4.69, 9.17) is 9.47 Å². The van der Waals surface area contributed by atoms with Gasteiger partial charge in [-0.05, 0) is 48.2 Å². The third kappa shape index (κ3) is 7.40. The summed E-state index contributed by atoms with van der Waals surface area (Å²) in [5, 5.41) is 5.53. The van der Waals surface area contributed by atoms with Crippen LogP contribution in [0.25, 0.3) is 0 Å². The van der Waals surface area contributed by atoms with Crippen LogP contribution in [0.1, 0.15) is 17.5 Å². The number of amides is 2. The highest BCUT2D eigenvalue weighted by molar-refractivity contribution is 5.96. The van der Waals surface area contributed by atoms with Crippen LogP contribution in [-0.2, 0) is 22.4 Å². The standard InChI is InChI=1S/C21H26N2O4/c1-26-18-7-3-5-16(13-18)9-11-22-20(24)15-21(25)23-12-10-17-6-4-8-19(14-17)27-2/h3-8,13-14H,9-12,15H2,1-2H3,(H,22,24)(H,23,25). The van der Waals surface area contributed by atoms with Crippen molar-refractivity contribution in [1.82, 2.24) is 10.6 Å². The van der Waals surface area contributed by atoms with Crippen LogP contribution in [0, 0.1) is 0 Å². The van der Waals surface area contributed by atoms with Crippen molar-refractivity contribution in [3.05, 3.63) is 59.7 Å². The first-order valence-electron chi connectivity index (χ1n) is 8.90. The van der Waals surface area contributed by atoms with E-state index in [0.717, 1.165) is 22.6 Å². The molecule has 0 saturated heterocycles. The van der Waals surface area contributed by atoms with E-state index in [-0.39, 0.29) is 18.2 Å². The molecule has 0 aliphatic rings. The molecule has 0 atom stereocenters. The third-order valence-electron chi connectivity index (χ3n) is 4.06. The first-order valence-corrected chi connectivity index (χ1v) is 8.90. The minimum Gasteiger partial charge on any atom is -0.497 e. The summed E-state index contributed by atoms with van der Waals surface area (Å²) in [6.45, 7) is 0.951. The lowest BCUT2D eigenvalue weighted by atomic mass is 10.1. The summed E-state index contributed by atoms with van der Waals surface area (Å²) in [5.41, 5.74) is 2.13. The quantitative estimate of drug-likeness (QED) is 0.628. The van der Waals surface area contributed by atoms with Gasteiger partial charge in [0, 0.05) is 13.1 Å². The highest BCUT2D eigenvalue weighted by Crippen LogP contribution is 2.13. The molecule has 0 aliphatic carbocycles. The molecule has 2 aromatic carbocycles. The van der Waals surface area contributed by atoms with Crippen molar-refractivity contribution in [2.24, 2.45) is 0 Å². The second-order valence-corrected chi connectivity index (χ2v) is 6.08. The lowest BCUT2D eigenvalue weighted by Gasteiger charge is -2.08. The van der Waals surface area contributed by atoms with E-state index in [9.17, 15) is 9.59 Å². The molecular formula is C21H26N2O4. The van der Waals surface area contributed by atoms with Crippen molar-refractivity contribution < 1.29 is 19.1 Å². The van der Waals surface area contributed by atoms with E-state index >= 15 is 0 Å². The van der Waals surface area contributed by atoms with Gasteiger partial charge in [0.1, 0.15) is 17.9 Å². The van der Waals surface area contributed by atoms with Gasteiger partial charge in [-0.25, -0.2) is 0 Å². The first-order chi connectivity index (χ1) is 13.1. The molecule has 27 heavy (non-hydrogen) atoms. The topological polar surface area (TPSA) is 76.7 Å². The number of nitrogens with one attached hydrogen (secondary N) is 2. The third-order valence-corrected chi connectivity index (χ3v) is 4.06. The predicted molar refractivity (Wildman–Crippen MR) is 104 cm³/mol. The van der Waals surface area contributed by atoms with Crippen molar-refractivity contribution >= 4 is 11.8 Å². The lowest BCUT2D eigenvalue weighted by molar-refractivity contribution is -0.129. The van der Waals surface area contributed by atoms with Gasteiger partial charge < -0.3 is 20.1 Å². The van der Waals surface area contributed by atoms with Gasteiger partial charge in [-0.1, -0.05) is 24.3 Å². The molecule has 2 aromatic rings. The molecule has 2 amide bonds. The van der Waals surface area contributed by atoms with E-state index < -0.39 is 0 Å². The van der Waals surface area contributed by atoms with Crippen molar-refractivity contribution in [3.8, 4) is 11.5 Å². The van der Waals surface area contributed by atoms with Gasteiger partial charge in [-0.15, -0.1) is 0 Å². The van der Waals surface area contributed by atoms with E-state index in [1.165, 1.54) is 0 Å². The predicted octanol–water partition coefficient (Wildman–Crippen LogP) is 2.11. The molecular weight excluding hydrogens is 344 g/mol. The highest BCUT2D eigenvalue weighted by atomic mass is 16.5. The first kappa shape index (κ1) is 20.3. The molecule has 144 valence electrons. The van der Waals surface area contributed by atoms with Gasteiger partial charge in [0.05, 0.1) is 14.2 Å². The summed E-state index contributed by atoms with van der Waals surface area (Å²) in [6, 6.07) is 15.4. The summed E-state index contributed by atoms with van der Waals surface area (Å²) in [4.78, 5) is 23.7. The van der Waals surface area contributed by atoms with Crippen LogP contribution < -0.4 is 20.1 Å². The Balaban J connectivity index is 1.63. The maximum atomic E-state index is 11.9. The number of rotatable bonds is 10. The molecule has 6 nitrogen and oxygen atoms in total. The van der Waals surface area contributed by atoms with E-state index in [0.29, 0.717) is 25.9 Å². The Hall–Kier alpha value is -3.02. The number of hydrogen-bond acceptors (Lipinski definition) is 4. The molecule has 0 saturated carbocycles. The Labute approximate surface area is 159 Å². The van der Waals surface area contributed by atoms with Crippen LogP contribution in [0.5, 0.6) is 11.5 Å². The SMILES string of the molecule is COc1cccc(CCNC(=O)CC(=O)NCCc2cccc(OC)c2)c1. The number of carbonyl (C=O) groups excluding carboxylic acids is 2. The molecule has 0 spiro atoms. The van der Waals surface area contributed by atoms with Gasteiger partial charge in [-0.3, -0.25) is 9.59 Å². The molecule has 2 rings (SSSR count). The molecule has 6 heteroatoms. The molecule has 0 fully saturated rings. The molecule has 0 aliphatic heterocycles. The zero-order valence-corrected chi connectivity index (χ0v) is 15.8. The van der Waals surface area contributed by atoms with Crippen LogP contribution in [0.4, 0.5) is 0 Å². The normalized spacial score (nSPS) is 10.1. The molecule has 0 bridgehead atoms. The Morgan fingerprint density at radius 3 is 1.63 bits per heavy atom. The van der Waals surface area contributed by atoms with Crippen LogP contribution in [0.15, 0.2) is 48.5 Å². The molecule has 0 heterocycles. The number of ether oxygens (including phenoxy) is 2. The number of hydrogen-bond donors (Lipinski definition) is 2. The number of benzene rings is 2. The van der Waals surface area contributed by atoms with Crippen LogP contribution >= 0.6 is 0 Å². The van der Waals surface area contributed by atoms with Crippen LogP contribution in [0.3, 0.4) is 0 Å². The second-order valence-electron chi connectivity index (χ2n) is 6.08. The summed E-state index contributed by atoms with van der Waals surface area (Å²) in [5.74, 6) is 1.01. The molecule has 0 aromatic heterocycles. The average Bonchev–Trinajstić information content (AvgIpc) is 2.68. The van der Waals surface area contributed by atoms with E-state index in [1.807, 2.05) is 48.5 Å². The fourth-order valence-electron chi connectivity index (χ4n) is 2.62. The number of carbonyl (C=O) groups is 2. The fourth-order valence-corrected chi connectivity index (χ4v) is 2.62. The van der Waals surface area contributed by atoms with Gasteiger partial charge in [-0.2, -0.15) is 0 Å². The Bertz CT molecular complexity index is 698. The van der Waals surface area contributed by atoms with Crippen molar-refractivity contribution in [1.29, 1.82) is 0 Å². The second kappa shape index (κ2) is 10.9. The molecule has 0 unspecified atom stereocenters. The Kier molecular flexibility index (Phi) is 8.16. The maximum Gasteiger partial charge on any atom is 0.229 e. The van der Waals surface area contributed by atoms with Gasteiger partial charge in [0.2, 0.25) is 11.8 Å². The van der Waals surface area contributed by atoms with Crippen molar-refractivity contribution in [2.75, 3.05) is 27.3 Å². The maximum absolute atomic E-state index is 11.9. The largest absolute Gasteiger partial charge is 0.497 e. The summed E-state index contributed by atoms with van der Waals surface area (Å²) in [6.07, 6.45) is 1.19. The molecule has 0 radical (unpaired) electrons. The summed E-state index contributed by atoms with van der Waals surface area (Å²) in [7, 11) is 3.24. The smallest absolute Gasteiger partial charge is 0.229 e. The fraction of sp³-hybridized carbons (Fsp3) is 0.333. The summed E-state index contributed by atoms with van der Waals surface area (Å²) < 4.78 is 10.3. The average molecular weight is 370 g/mol. The van der Waals surface area contributed by atoms with Gasteiger partial charge >= 0.3 is 0 Å². The zero-order chi connectivity index (χ0) is 19.5. The minimum absolute atomic E-state index is 0.170. The van der Waals surface area contributed by atoms with Crippen LogP contribution in [0.2, 0.25) is 0 Å². The summed E-state index contributed by atoms with van der Waals surface area (Å²) >= 11 is 0. The van der Waals surface area contributed by atoms with E-state index in [1.54, 1.807) is 14.2 Å². The molecule has 2 N–H and O–H groups in total. The van der Waals surface area contributed by atoms with Gasteiger partial charge in [0.15, 0.2) is 0 Å². The Morgan fingerprint density at radius 2 is 1.22 bits per heavy atom. The highest BCUT2D eigenvalue weighted by Gasteiger charge is 2.08. The van der Waals surface area contributed by atoms with Crippen molar-refractivity contribution in [2.45, 2.75) is 19.3 Å². The zero-order valence-electron chi connectivity index (χ0n) is 15.8. The minimum atomic E-state index is -0.281. The van der Waals surface area contributed by atoms with Gasteiger partial charge in [0.25, 0.3) is 0 Å². The van der Waals surface area contributed by atoms with Crippen molar-refractivity contribution in [3.63, 3.8) is 0 Å². The van der Waals surface area contributed by atoms with E-state index in [2.05, 4.69) is 10.6 Å². The number of methoxy groups -OCH3 is 2. The lowest BCUT2D eigenvalue weighted by Crippen LogP contribution is -2.33. The monoisotopic (exact) mass is 370 g/mol.